The predicted molar refractivity (Wildman–Crippen MR) is 71.3 cm³/mol. The molecule has 1 aliphatic rings. The zero-order valence-corrected chi connectivity index (χ0v) is 10.1. The summed E-state index contributed by atoms with van der Waals surface area (Å²) in [5.41, 5.74) is 2.42. The van der Waals surface area contributed by atoms with Gasteiger partial charge in [-0.05, 0) is 49.0 Å². The molecule has 0 spiro atoms. The highest BCUT2D eigenvalue weighted by atomic mass is 16.5. The van der Waals surface area contributed by atoms with E-state index in [2.05, 4.69) is 22.8 Å². The van der Waals surface area contributed by atoms with Crippen LogP contribution in [0.4, 0.5) is 5.69 Å². The first-order chi connectivity index (χ1) is 8.38. The Morgan fingerprint density at radius 2 is 2.12 bits per heavy atom. The average molecular weight is 230 g/mol. The minimum atomic E-state index is 0.706. The minimum Gasteiger partial charge on any atom is -0.494 e. The molecule has 3 nitrogen and oxygen atoms in total. The van der Waals surface area contributed by atoms with Crippen molar-refractivity contribution in [3.05, 3.63) is 48.2 Å². The third-order valence-electron chi connectivity index (χ3n) is 2.56. The van der Waals surface area contributed by atoms with Crippen molar-refractivity contribution >= 4 is 5.69 Å². The first-order valence-electron chi connectivity index (χ1n) is 5.94. The maximum Gasteiger partial charge on any atom is 0.119 e. The summed E-state index contributed by atoms with van der Waals surface area (Å²) in [6.45, 7) is 4.46. The number of nitrogens with one attached hydrogen (secondary N) is 2. The lowest BCUT2D eigenvalue weighted by Crippen LogP contribution is -2.13. The van der Waals surface area contributed by atoms with E-state index in [0.717, 1.165) is 24.5 Å². The first-order valence-corrected chi connectivity index (χ1v) is 5.94. The van der Waals surface area contributed by atoms with Gasteiger partial charge in [0.2, 0.25) is 0 Å². The molecule has 0 saturated heterocycles. The van der Waals surface area contributed by atoms with E-state index in [-0.39, 0.29) is 0 Å². The molecular weight excluding hydrogens is 212 g/mol. The van der Waals surface area contributed by atoms with Gasteiger partial charge in [0.15, 0.2) is 0 Å². The Morgan fingerprint density at radius 3 is 2.76 bits per heavy atom. The summed E-state index contributed by atoms with van der Waals surface area (Å²) in [6, 6.07) is 8.05. The lowest BCUT2D eigenvalue weighted by Gasteiger charge is -2.11. The predicted octanol–water partition coefficient (Wildman–Crippen LogP) is 2.54. The number of dihydropyridines is 1. The quantitative estimate of drug-likeness (QED) is 0.815. The number of ether oxygens (including phenoxy) is 1. The van der Waals surface area contributed by atoms with Crippen molar-refractivity contribution in [2.45, 2.75) is 6.92 Å². The molecule has 2 rings (SSSR count). The minimum absolute atomic E-state index is 0.706. The summed E-state index contributed by atoms with van der Waals surface area (Å²) in [5, 5.41) is 6.51. The Balaban J connectivity index is 1.86. The Kier molecular flexibility index (Phi) is 4.08. The topological polar surface area (TPSA) is 33.3 Å². The molecular formula is C14H18N2O. The van der Waals surface area contributed by atoms with E-state index in [4.69, 9.17) is 4.74 Å². The molecule has 0 aromatic heterocycles. The van der Waals surface area contributed by atoms with E-state index in [0.29, 0.717) is 6.61 Å². The van der Waals surface area contributed by atoms with E-state index in [1.807, 2.05) is 37.4 Å². The van der Waals surface area contributed by atoms with Crippen LogP contribution in [0.25, 0.3) is 0 Å². The lowest BCUT2D eigenvalue weighted by molar-refractivity contribution is 0.340. The Bertz CT molecular complexity index is 407. The largest absolute Gasteiger partial charge is 0.494 e. The fourth-order valence-corrected chi connectivity index (χ4v) is 1.66. The maximum atomic E-state index is 5.40. The molecule has 1 aromatic rings. The van der Waals surface area contributed by atoms with Crippen LogP contribution in [0, 0.1) is 0 Å². The molecule has 90 valence electrons. The van der Waals surface area contributed by atoms with Crippen molar-refractivity contribution in [3.63, 3.8) is 0 Å². The normalized spacial score (nSPS) is 13.8. The second-order valence-corrected chi connectivity index (χ2v) is 3.83. The van der Waals surface area contributed by atoms with Gasteiger partial charge in [-0.15, -0.1) is 0 Å². The van der Waals surface area contributed by atoms with Crippen LogP contribution in [0.1, 0.15) is 6.92 Å². The standard InChI is InChI=1S/C14H18N2O/c1-2-17-14-5-3-13(4-6-14)16-11-12-7-9-15-10-8-12/h3-9,15-16H,2,10-11H2,1H3. The molecule has 1 heterocycles. The van der Waals surface area contributed by atoms with E-state index in [1.54, 1.807) is 0 Å². The summed E-state index contributed by atoms with van der Waals surface area (Å²) in [5.74, 6) is 0.916. The van der Waals surface area contributed by atoms with Crippen LogP contribution in [0.15, 0.2) is 48.2 Å². The number of rotatable bonds is 5. The molecule has 0 amide bonds. The summed E-state index contributed by atoms with van der Waals surface area (Å²) in [7, 11) is 0. The van der Waals surface area contributed by atoms with Gasteiger partial charge in [-0.2, -0.15) is 0 Å². The van der Waals surface area contributed by atoms with E-state index in [1.165, 1.54) is 5.57 Å². The molecule has 1 aromatic carbocycles. The van der Waals surface area contributed by atoms with Crippen LogP contribution in [-0.2, 0) is 0 Å². The summed E-state index contributed by atoms with van der Waals surface area (Å²) < 4.78 is 5.40. The fraction of sp³-hybridized carbons (Fsp3) is 0.286. The molecule has 0 atom stereocenters. The van der Waals surface area contributed by atoms with E-state index < -0.39 is 0 Å². The van der Waals surface area contributed by atoms with Crippen LogP contribution < -0.4 is 15.4 Å². The SMILES string of the molecule is CCOc1ccc(NCC2=CCNC=C2)cc1. The van der Waals surface area contributed by atoms with Crippen molar-refractivity contribution in [2.24, 2.45) is 0 Å². The molecule has 2 N–H and O–H groups in total. The molecule has 0 bridgehead atoms. The molecule has 17 heavy (non-hydrogen) atoms. The van der Waals surface area contributed by atoms with Crippen molar-refractivity contribution in [3.8, 4) is 5.75 Å². The van der Waals surface area contributed by atoms with Crippen LogP contribution in [0.5, 0.6) is 5.75 Å². The number of hydrogen-bond acceptors (Lipinski definition) is 3. The molecule has 3 heteroatoms. The van der Waals surface area contributed by atoms with Gasteiger partial charge in [0, 0.05) is 18.8 Å². The summed E-state index contributed by atoms with van der Waals surface area (Å²) in [4.78, 5) is 0. The van der Waals surface area contributed by atoms with Crippen molar-refractivity contribution in [2.75, 3.05) is 25.0 Å². The third-order valence-corrected chi connectivity index (χ3v) is 2.56. The average Bonchev–Trinajstić information content (AvgIpc) is 2.40. The van der Waals surface area contributed by atoms with Crippen LogP contribution in [-0.4, -0.2) is 19.7 Å². The lowest BCUT2D eigenvalue weighted by atomic mass is 10.2. The number of anilines is 1. The van der Waals surface area contributed by atoms with Gasteiger partial charge in [-0.25, -0.2) is 0 Å². The highest BCUT2D eigenvalue weighted by Gasteiger charge is 1.98. The molecule has 0 aliphatic carbocycles. The molecule has 0 radical (unpaired) electrons. The van der Waals surface area contributed by atoms with Crippen LogP contribution in [0.2, 0.25) is 0 Å². The van der Waals surface area contributed by atoms with Gasteiger partial charge in [0.1, 0.15) is 5.75 Å². The smallest absolute Gasteiger partial charge is 0.119 e. The summed E-state index contributed by atoms with van der Waals surface area (Å²) in [6.07, 6.45) is 6.25. The molecule has 0 unspecified atom stereocenters. The van der Waals surface area contributed by atoms with Gasteiger partial charge < -0.3 is 15.4 Å². The van der Waals surface area contributed by atoms with E-state index in [9.17, 15) is 0 Å². The first kappa shape index (κ1) is 11.6. The van der Waals surface area contributed by atoms with Crippen molar-refractivity contribution < 1.29 is 4.74 Å². The highest BCUT2D eigenvalue weighted by Crippen LogP contribution is 2.16. The van der Waals surface area contributed by atoms with Gasteiger partial charge in [-0.1, -0.05) is 6.08 Å². The summed E-state index contributed by atoms with van der Waals surface area (Å²) >= 11 is 0. The zero-order valence-electron chi connectivity index (χ0n) is 10.1. The van der Waals surface area contributed by atoms with E-state index >= 15 is 0 Å². The Hall–Kier alpha value is -1.90. The van der Waals surface area contributed by atoms with Crippen LogP contribution in [0.3, 0.4) is 0 Å². The van der Waals surface area contributed by atoms with Gasteiger partial charge in [0.25, 0.3) is 0 Å². The second-order valence-electron chi connectivity index (χ2n) is 3.83. The van der Waals surface area contributed by atoms with Gasteiger partial charge in [0.05, 0.1) is 6.61 Å². The zero-order chi connectivity index (χ0) is 11.9. The highest BCUT2D eigenvalue weighted by molar-refractivity contribution is 5.48. The van der Waals surface area contributed by atoms with Crippen LogP contribution >= 0.6 is 0 Å². The fourth-order valence-electron chi connectivity index (χ4n) is 1.66. The second kappa shape index (κ2) is 5.99. The monoisotopic (exact) mass is 230 g/mol. The molecule has 1 aliphatic heterocycles. The number of benzene rings is 1. The molecule has 0 fully saturated rings. The van der Waals surface area contributed by atoms with Gasteiger partial charge >= 0.3 is 0 Å². The Morgan fingerprint density at radius 1 is 1.29 bits per heavy atom. The molecule has 0 saturated carbocycles. The number of hydrogen-bond donors (Lipinski definition) is 2. The van der Waals surface area contributed by atoms with Crippen molar-refractivity contribution in [1.29, 1.82) is 0 Å². The Labute approximate surface area is 102 Å². The van der Waals surface area contributed by atoms with Gasteiger partial charge in [-0.3, -0.25) is 0 Å². The maximum absolute atomic E-state index is 5.40. The third kappa shape index (κ3) is 3.55. The van der Waals surface area contributed by atoms with Crippen molar-refractivity contribution in [1.82, 2.24) is 5.32 Å².